The van der Waals surface area contributed by atoms with Gasteiger partial charge in [-0.2, -0.15) is 0 Å². The summed E-state index contributed by atoms with van der Waals surface area (Å²) in [6.45, 7) is 0.892. The van der Waals surface area contributed by atoms with Crippen molar-refractivity contribution in [3.05, 3.63) is 53.7 Å². The molecule has 1 N–H and O–H groups in total. The van der Waals surface area contributed by atoms with E-state index in [0.717, 1.165) is 12.4 Å². The molecular weight excluding hydrogens is 176 g/mol. The molecule has 0 radical (unpaired) electrons. The van der Waals surface area contributed by atoms with Crippen molar-refractivity contribution in [2.24, 2.45) is 0 Å². The van der Waals surface area contributed by atoms with Crippen LogP contribution in [0.5, 0.6) is 0 Å². The fourth-order valence-corrected chi connectivity index (χ4v) is 1.90. The van der Waals surface area contributed by atoms with Crippen LogP contribution in [0.3, 0.4) is 0 Å². The SMILES string of the molecule is c1ccc2c(c1)CNC2c1ncco1. The maximum Gasteiger partial charge on any atom is 0.215 e. The monoisotopic (exact) mass is 186 g/mol. The van der Waals surface area contributed by atoms with Gasteiger partial charge in [-0.1, -0.05) is 24.3 Å². The van der Waals surface area contributed by atoms with E-state index in [9.17, 15) is 0 Å². The van der Waals surface area contributed by atoms with E-state index in [-0.39, 0.29) is 6.04 Å². The zero-order chi connectivity index (χ0) is 9.38. The molecule has 0 spiro atoms. The zero-order valence-electron chi connectivity index (χ0n) is 7.60. The van der Waals surface area contributed by atoms with Gasteiger partial charge < -0.3 is 4.42 Å². The molecule has 3 rings (SSSR count). The molecule has 0 fully saturated rings. The van der Waals surface area contributed by atoms with Crippen molar-refractivity contribution in [2.45, 2.75) is 12.6 Å². The van der Waals surface area contributed by atoms with Crippen LogP contribution in [0.2, 0.25) is 0 Å². The average molecular weight is 186 g/mol. The summed E-state index contributed by atoms with van der Waals surface area (Å²) in [7, 11) is 0. The van der Waals surface area contributed by atoms with Gasteiger partial charge in [0, 0.05) is 6.54 Å². The molecule has 0 saturated carbocycles. The van der Waals surface area contributed by atoms with E-state index in [1.165, 1.54) is 11.1 Å². The van der Waals surface area contributed by atoms with Gasteiger partial charge in [-0.3, -0.25) is 5.32 Å². The molecule has 0 aliphatic carbocycles. The summed E-state index contributed by atoms with van der Waals surface area (Å²) >= 11 is 0. The average Bonchev–Trinajstić information content (AvgIpc) is 2.85. The van der Waals surface area contributed by atoms with Crippen LogP contribution in [0.1, 0.15) is 23.1 Å². The highest BCUT2D eigenvalue weighted by Gasteiger charge is 2.25. The predicted octanol–water partition coefficient (Wildman–Crippen LogP) is 1.87. The molecule has 70 valence electrons. The first kappa shape index (κ1) is 7.76. The summed E-state index contributed by atoms with van der Waals surface area (Å²) in [4.78, 5) is 4.17. The number of aromatic nitrogens is 1. The number of nitrogens with zero attached hydrogens (tertiary/aromatic N) is 1. The first-order valence-electron chi connectivity index (χ1n) is 4.66. The minimum Gasteiger partial charge on any atom is -0.447 e. The van der Waals surface area contributed by atoms with Gasteiger partial charge in [0.2, 0.25) is 5.89 Å². The fraction of sp³-hybridized carbons (Fsp3) is 0.182. The lowest BCUT2D eigenvalue weighted by atomic mass is 10.1. The van der Waals surface area contributed by atoms with Crippen molar-refractivity contribution in [2.75, 3.05) is 0 Å². The first-order valence-corrected chi connectivity index (χ1v) is 4.66. The van der Waals surface area contributed by atoms with Crippen LogP contribution >= 0.6 is 0 Å². The van der Waals surface area contributed by atoms with Crippen LogP contribution in [-0.4, -0.2) is 4.98 Å². The Morgan fingerprint density at radius 1 is 1.36 bits per heavy atom. The molecule has 1 aliphatic rings. The molecule has 2 aromatic rings. The quantitative estimate of drug-likeness (QED) is 0.738. The van der Waals surface area contributed by atoms with E-state index < -0.39 is 0 Å². The summed E-state index contributed by atoms with van der Waals surface area (Å²) in [5.41, 5.74) is 2.60. The fourth-order valence-electron chi connectivity index (χ4n) is 1.90. The Morgan fingerprint density at radius 3 is 3.14 bits per heavy atom. The third-order valence-corrected chi connectivity index (χ3v) is 2.56. The van der Waals surface area contributed by atoms with Gasteiger partial charge >= 0.3 is 0 Å². The molecule has 1 atom stereocenters. The highest BCUT2D eigenvalue weighted by molar-refractivity contribution is 5.36. The lowest BCUT2D eigenvalue weighted by Gasteiger charge is -2.06. The van der Waals surface area contributed by atoms with E-state index in [2.05, 4.69) is 28.5 Å². The van der Waals surface area contributed by atoms with E-state index >= 15 is 0 Å². The lowest BCUT2D eigenvalue weighted by molar-refractivity contribution is 0.446. The van der Waals surface area contributed by atoms with Crippen molar-refractivity contribution in [1.82, 2.24) is 10.3 Å². The second-order valence-electron chi connectivity index (χ2n) is 3.38. The van der Waals surface area contributed by atoms with Crippen molar-refractivity contribution in [3.63, 3.8) is 0 Å². The van der Waals surface area contributed by atoms with Crippen LogP contribution in [0.25, 0.3) is 0 Å². The minimum absolute atomic E-state index is 0.126. The van der Waals surface area contributed by atoms with Crippen molar-refractivity contribution < 1.29 is 4.42 Å². The third kappa shape index (κ3) is 1.06. The molecule has 14 heavy (non-hydrogen) atoms. The molecule has 0 saturated heterocycles. The zero-order valence-corrected chi connectivity index (χ0v) is 7.60. The molecule has 1 unspecified atom stereocenters. The maximum absolute atomic E-state index is 5.30. The molecule has 2 heterocycles. The minimum atomic E-state index is 0.126. The number of fused-ring (bicyclic) bond motifs is 1. The van der Waals surface area contributed by atoms with Crippen LogP contribution in [0.4, 0.5) is 0 Å². The van der Waals surface area contributed by atoms with Gasteiger partial charge in [0.05, 0.1) is 6.20 Å². The van der Waals surface area contributed by atoms with Crippen molar-refractivity contribution in [1.29, 1.82) is 0 Å². The second-order valence-corrected chi connectivity index (χ2v) is 3.38. The highest BCUT2D eigenvalue weighted by Crippen LogP contribution is 2.29. The maximum atomic E-state index is 5.30. The van der Waals surface area contributed by atoms with E-state index in [4.69, 9.17) is 4.42 Å². The highest BCUT2D eigenvalue weighted by atomic mass is 16.3. The van der Waals surface area contributed by atoms with Crippen molar-refractivity contribution in [3.8, 4) is 0 Å². The number of oxazole rings is 1. The Bertz CT molecular complexity index is 436. The Balaban J connectivity index is 2.06. The molecule has 1 aromatic heterocycles. The molecular formula is C11H10N2O. The van der Waals surface area contributed by atoms with Gasteiger partial charge in [0.15, 0.2) is 0 Å². The molecule has 3 nitrogen and oxygen atoms in total. The normalized spacial score (nSPS) is 19.6. The van der Waals surface area contributed by atoms with Crippen LogP contribution in [0.15, 0.2) is 41.1 Å². The summed E-state index contributed by atoms with van der Waals surface area (Å²) in [6.07, 6.45) is 3.29. The number of hydrogen-bond acceptors (Lipinski definition) is 3. The number of benzene rings is 1. The van der Waals surface area contributed by atoms with Gasteiger partial charge in [-0.25, -0.2) is 4.98 Å². The summed E-state index contributed by atoms with van der Waals surface area (Å²) < 4.78 is 5.30. The first-order chi connectivity index (χ1) is 6.95. The Morgan fingerprint density at radius 2 is 2.29 bits per heavy atom. The molecule has 1 aliphatic heterocycles. The van der Waals surface area contributed by atoms with E-state index in [1.54, 1.807) is 12.5 Å². The van der Waals surface area contributed by atoms with Gasteiger partial charge in [0.25, 0.3) is 0 Å². The van der Waals surface area contributed by atoms with Gasteiger partial charge in [0.1, 0.15) is 12.3 Å². The smallest absolute Gasteiger partial charge is 0.215 e. The summed E-state index contributed by atoms with van der Waals surface area (Å²) in [6, 6.07) is 8.47. The van der Waals surface area contributed by atoms with Crippen molar-refractivity contribution >= 4 is 0 Å². The second kappa shape index (κ2) is 2.96. The molecule has 0 amide bonds. The predicted molar refractivity (Wildman–Crippen MR) is 51.6 cm³/mol. The van der Waals surface area contributed by atoms with Crippen LogP contribution in [-0.2, 0) is 6.54 Å². The number of rotatable bonds is 1. The number of nitrogens with one attached hydrogen (secondary N) is 1. The van der Waals surface area contributed by atoms with Gasteiger partial charge in [-0.15, -0.1) is 0 Å². The standard InChI is InChI=1S/C11H10N2O/c1-2-4-9-8(3-1)7-13-10(9)11-12-5-6-14-11/h1-6,10,13H,7H2. The molecule has 3 heteroatoms. The van der Waals surface area contributed by atoms with E-state index in [1.807, 2.05) is 6.07 Å². The van der Waals surface area contributed by atoms with Gasteiger partial charge in [-0.05, 0) is 11.1 Å². The Hall–Kier alpha value is -1.61. The summed E-state index contributed by atoms with van der Waals surface area (Å²) in [5, 5.41) is 3.37. The van der Waals surface area contributed by atoms with Crippen LogP contribution in [0, 0.1) is 0 Å². The molecule has 1 aromatic carbocycles. The lowest BCUT2D eigenvalue weighted by Crippen LogP contribution is -2.13. The Kier molecular flexibility index (Phi) is 1.64. The largest absolute Gasteiger partial charge is 0.447 e. The topological polar surface area (TPSA) is 38.1 Å². The summed E-state index contributed by atoms with van der Waals surface area (Å²) in [5.74, 6) is 0.745. The number of hydrogen-bond donors (Lipinski definition) is 1. The Labute approximate surface area is 81.8 Å². The molecule has 0 bridgehead atoms. The van der Waals surface area contributed by atoms with Crippen LogP contribution < -0.4 is 5.32 Å². The third-order valence-electron chi connectivity index (χ3n) is 2.56. The van der Waals surface area contributed by atoms with E-state index in [0.29, 0.717) is 0 Å².